The van der Waals surface area contributed by atoms with E-state index in [1.807, 2.05) is 0 Å². The third kappa shape index (κ3) is 4.68. The predicted molar refractivity (Wildman–Crippen MR) is 102 cm³/mol. The van der Waals surface area contributed by atoms with Crippen molar-refractivity contribution in [3.8, 4) is 0 Å². The summed E-state index contributed by atoms with van der Waals surface area (Å²) in [6.07, 6.45) is 10.8. The number of allylic oxidation sites excluding steroid dienone is 4. The summed E-state index contributed by atoms with van der Waals surface area (Å²) < 4.78 is 12.1. The number of hydrogen-bond acceptors (Lipinski definition) is 3. The van der Waals surface area contributed by atoms with Gasteiger partial charge in [-0.2, -0.15) is 0 Å². The molecule has 1 aliphatic carbocycles. The molecule has 1 fully saturated rings. The van der Waals surface area contributed by atoms with Crippen LogP contribution in [0.3, 0.4) is 0 Å². The average molecular weight is 351 g/mol. The standard InChI is InChI=1S/C20H34O3Si/c1-18(2,3)24(6,7)22-14-8-11-20(12-9-16(21)10-13-20)15-17-19(4,5)23-17/h9-10,12-13,17H,8,11,14-15H2,1-7H3. The van der Waals surface area contributed by atoms with E-state index >= 15 is 0 Å². The first kappa shape index (κ1) is 19.6. The van der Waals surface area contributed by atoms with E-state index in [0.29, 0.717) is 0 Å². The van der Waals surface area contributed by atoms with Crippen molar-refractivity contribution in [2.45, 2.75) is 83.7 Å². The van der Waals surface area contributed by atoms with Gasteiger partial charge in [-0.1, -0.05) is 32.9 Å². The number of ether oxygens (including phenoxy) is 1. The summed E-state index contributed by atoms with van der Waals surface area (Å²) in [4.78, 5) is 11.5. The maximum atomic E-state index is 11.5. The van der Waals surface area contributed by atoms with Gasteiger partial charge in [0.25, 0.3) is 0 Å². The largest absolute Gasteiger partial charge is 0.417 e. The predicted octanol–water partition coefficient (Wildman–Crippen LogP) is 5.04. The molecular weight excluding hydrogens is 316 g/mol. The SMILES string of the molecule is CC1(C)OC1CC1(CCCO[Si](C)(C)C(C)(C)C)C=CC(=O)C=C1. The van der Waals surface area contributed by atoms with E-state index in [-0.39, 0.29) is 27.9 Å². The molecule has 2 rings (SSSR count). The number of carbonyl (C=O) groups excluding carboxylic acids is 1. The van der Waals surface area contributed by atoms with Gasteiger partial charge in [-0.25, -0.2) is 0 Å². The van der Waals surface area contributed by atoms with Crippen molar-refractivity contribution in [3.05, 3.63) is 24.3 Å². The smallest absolute Gasteiger partial charge is 0.191 e. The van der Waals surface area contributed by atoms with Crippen molar-refractivity contribution < 1.29 is 14.0 Å². The van der Waals surface area contributed by atoms with Crippen LogP contribution >= 0.6 is 0 Å². The van der Waals surface area contributed by atoms with E-state index in [0.717, 1.165) is 25.9 Å². The molecule has 24 heavy (non-hydrogen) atoms. The molecule has 0 amide bonds. The van der Waals surface area contributed by atoms with Gasteiger partial charge in [0, 0.05) is 12.0 Å². The normalized spacial score (nSPS) is 25.1. The minimum atomic E-state index is -1.68. The van der Waals surface area contributed by atoms with Gasteiger partial charge in [0.2, 0.25) is 0 Å². The Hall–Kier alpha value is -0.713. The van der Waals surface area contributed by atoms with Gasteiger partial charge < -0.3 is 9.16 Å². The fourth-order valence-corrected chi connectivity index (χ4v) is 4.01. The topological polar surface area (TPSA) is 38.8 Å². The molecule has 0 aromatic carbocycles. The first-order valence-electron chi connectivity index (χ1n) is 9.11. The Morgan fingerprint density at radius 1 is 1.21 bits per heavy atom. The lowest BCUT2D eigenvalue weighted by molar-refractivity contribution is -0.110. The van der Waals surface area contributed by atoms with Gasteiger partial charge in [-0.05, 0) is 63.4 Å². The third-order valence-corrected chi connectivity index (χ3v) is 10.5. The van der Waals surface area contributed by atoms with Crippen molar-refractivity contribution in [2.24, 2.45) is 5.41 Å². The van der Waals surface area contributed by atoms with Gasteiger partial charge in [0.05, 0.1) is 11.7 Å². The average Bonchev–Trinajstić information content (AvgIpc) is 3.03. The lowest BCUT2D eigenvalue weighted by Crippen LogP contribution is -2.41. The van der Waals surface area contributed by atoms with Gasteiger partial charge in [0.1, 0.15) is 0 Å². The Morgan fingerprint density at radius 2 is 1.75 bits per heavy atom. The molecule has 1 aliphatic heterocycles. The fourth-order valence-electron chi connectivity index (χ4n) is 2.92. The first-order valence-corrected chi connectivity index (χ1v) is 12.0. The van der Waals surface area contributed by atoms with E-state index < -0.39 is 8.32 Å². The van der Waals surface area contributed by atoms with E-state index in [9.17, 15) is 4.79 Å². The lowest BCUT2D eigenvalue weighted by Gasteiger charge is -2.36. The molecule has 0 spiro atoms. The molecule has 1 heterocycles. The maximum Gasteiger partial charge on any atom is 0.191 e. The number of ketones is 1. The molecule has 2 aliphatic rings. The Labute approximate surface area is 148 Å². The zero-order valence-electron chi connectivity index (χ0n) is 16.4. The summed E-state index contributed by atoms with van der Waals surface area (Å²) in [7, 11) is -1.68. The zero-order chi connectivity index (χ0) is 18.2. The Balaban J connectivity index is 1.92. The molecule has 0 aromatic heterocycles. The molecule has 1 unspecified atom stereocenters. The van der Waals surface area contributed by atoms with Crippen LogP contribution in [0.1, 0.15) is 53.9 Å². The highest BCUT2D eigenvalue weighted by atomic mass is 28.4. The minimum absolute atomic E-state index is 0.0201. The van der Waals surface area contributed by atoms with Gasteiger partial charge in [0.15, 0.2) is 14.1 Å². The van der Waals surface area contributed by atoms with Crippen LogP contribution in [0.25, 0.3) is 0 Å². The lowest BCUT2D eigenvalue weighted by atomic mass is 9.75. The van der Waals surface area contributed by atoms with Gasteiger partial charge in [-0.3, -0.25) is 4.79 Å². The van der Waals surface area contributed by atoms with E-state index in [2.05, 4.69) is 59.9 Å². The summed E-state index contributed by atoms with van der Waals surface area (Å²) in [5, 5.41) is 0.244. The molecule has 136 valence electrons. The summed E-state index contributed by atoms with van der Waals surface area (Å²) in [5.41, 5.74) is -0.0864. The van der Waals surface area contributed by atoms with Crippen LogP contribution in [0.5, 0.6) is 0 Å². The van der Waals surface area contributed by atoms with E-state index in [1.165, 1.54) is 0 Å². The molecule has 3 nitrogen and oxygen atoms in total. The Bertz CT molecular complexity index is 522. The second-order valence-corrected chi connectivity index (χ2v) is 14.2. The Kier molecular flexibility index (Phi) is 5.35. The molecule has 0 aromatic rings. The number of carbonyl (C=O) groups is 1. The van der Waals surface area contributed by atoms with Crippen molar-refractivity contribution in [2.75, 3.05) is 6.61 Å². The molecular formula is C20H34O3Si. The molecule has 0 N–H and O–H groups in total. The van der Waals surface area contributed by atoms with Crippen molar-refractivity contribution >= 4 is 14.1 Å². The zero-order valence-corrected chi connectivity index (χ0v) is 17.4. The summed E-state index contributed by atoms with van der Waals surface area (Å²) in [6, 6.07) is 0. The molecule has 1 atom stereocenters. The fraction of sp³-hybridized carbons (Fsp3) is 0.750. The second-order valence-electron chi connectivity index (χ2n) is 9.43. The third-order valence-electron chi connectivity index (χ3n) is 5.94. The van der Waals surface area contributed by atoms with Crippen LogP contribution in [0, 0.1) is 5.41 Å². The van der Waals surface area contributed by atoms with E-state index in [1.54, 1.807) is 12.2 Å². The van der Waals surface area contributed by atoms with Crippen molar-refractivity contribution in [3.63, 3.8) is 0 Å². The first-order chi connectivity index (χ1) is 10.9. The number of epoxide rings is 1. The minimum Gasteiger partial charge on any atom is -0.417 e. The monoisotopic (exact) mass is 350 g/mol. The molecule has 0 bridgehead atoms. The number of rotatable bonds is 7. The molecule has 0 saturated carbocycles. The highest BCUT2D eigenvalue weighted by molar-refractivity contribution is 6.74. The van der Waals surface area contributed by atoms with E-state index in [4.69, 9.17) is 9.16 Å². The number of hydrogen-bond donors (Lipinski definition) is 0. The van der Waals surface area contributed by atoms with Gasteiger partial charge in [-0.15, -0.1) is 0 Å². The highest BCUT2D eigenvalue weighted by Gasteiger charge is 2.50. The second kappa shape index (κ2) is 6.54. The molecule has 4 heteroatoms. The quantitative estimate of drug-likeness (QED) is 0.367. The van der Waals surface area contributed by atoms with Crippen LogP contribution in [-0.2, 0) is 14.0 Å². The summed E-state index contributed by atoms with van der Waals surface area (Å²) >= 11 is 0. The van der Waals surface area contributed by atoms with Crippen molar-refractivity contribution in [1.82, 2.24) is 0 Å². The molecule has 1 saturated heterocycles. The van der Waals surface area contributed by atoms with Crippen LogP contribution in [0.4, 0.5) is 0 Å². The van der Waals surface area contributed by atoms with Gasteiger partial charge >= 0.3 is 0 Å². The Morgan fingerprint density at radius 3 is 2.21 bits per heavy atom. The molecule has 0 radical (unpaired) electrons. The van der Waals surface area contributed by atoms with Crippen LogP contribution < -0.4 is 0 Å². The maximum absolute atomic E-state index is 11.5. The van der Waals surface area contributed by atoms with Crippen LogP contribution in [0.2, 0.25) is 18.1 Å². The summed E-state index contributed by atoms with van der Waals surface area (Å²) in [5.74, 6) is 0.0825. The van der Waals surface area contributed by atoms with Crippen LogP contribution in [-0.4, -0.2) is 32.4 Å². The highest BCUT2D eigenvalue weighted by Crippen LogP contribution is 2.46. The van der Waals surface area contributed by atoms with Crippen molar-refractivity contribution in [1.29, 1.82) is 0 Å². The van der Waals surface area contributed by atoms with Crippen LogP contribution in [0.15, 0.2) is 24.3 Å². The summed E-state index contributed by atoms with van der Waals surface area (Å²) in [6.45, 7) is 16.5.